The van der Waals surface area contributed by atoms with Crippen LogP contribution in [0.25, 0.3) is 11.1 Å². The van der Waals surface area contributed by atoms with Crippen LogP contribution in [-0.4, -0.2) is 11.5 Å². The van der Waals surface area contributed by atoms with E-state index in [9.17, 15) is 4.79 Å². The molecule has 20 heavy (non-hydrogen) atoms. The van der Waals surface area contributed by atoms with Gasteiger partial charge in [-0.3, -0.25) is 4.98 Å². The van der Waals surface area contributed by atoms with Crippen molar-refractivity contribution in [2.24, 2.45) is 0 Å². The number of hydrogen-bond donors (Lipinski definition) is 2. The van der Waals surface area contributed by atoms with Gasteiger partial charge in [-0.05, 0) is 63.8 Å². The van der Waals surface area contributed by atoms with Gasteiger partial charge in [-0.1, -0.05) is 13.0 Å². The number of fused-ring (bicyclic) bond motifs is 1. The molecule has 6 heteroatoms. The molecule has 0 spiro atoms. The lowest BCUT2D eigenvalue weighted by Gasteiger charge is -2.17. The number of benzene rings is 1. The molecular weight excluding hydrogens is 387 g/mol. The van der Waals surface area contributed by atoms with Gasteiger partial charge >= 0.3 is 5.76 Å². The van der Waals surface area contributed by atoms with E-state index in [4.69, 9.17) is 4.42 Å². The molecule has 0 aliphatic carbocycles. The summed E-state index contributed by atoms with van der Waals surface area (Å²) in [5, 5.41) is 5.63. The van der Waals surface area contributed by atoms with Crippen LogP contribution in [0.2, 0.25) is 0 Å². The van der Waals surface area contributed by atoms with E-state index in [1.54, 1.807) is 11.3 Å². The topological polar surface area (TPSA) is 58.0 Å². The highest BCUT2D eigenvalue weighted by Crippen LogP contribution is 2.28. The summed E-state index contributed by atoms with van der Waals surface area (Å²) in [6.45, 7) is 2.95. The number of nitrogens with one attached hydrogen (secondary N) is 2. The molecule has 0 amide bonds. The first-order valence-corrected chi connectivity index (χ1v) is 8.23. The van der Waals surface area contributed by atoms with Crippen LogP contribution in [-0.2, 0) is 0 Å². The summed E-state index contributed by atoms with van der Waals surface area (Å²) in [5.74, 6) is -0.415. The molecule has 0 fully saturated rings. The van der Waals surface area contributed by atoms with Crippen molar-refractivity contribution < 1.29 is 4.42 Å². The molecule has 2 aromatic heterocycles. The Balaban J connectivity index is 2.06. The number of hydrogen-bond acceptors (Lipinski definition) is 4. The largest absolute Gasteiger partial charge is 0.417 e. The van der Waals surface area contributed by atoms with Gasteiger partial charge in [-0.25, -0.2) is 4.79 Å². The van der Waals surface area contributed by atoms with Crippen LogP contribution in [0.15, 0.2) is 38.9 Å². The molecule has 3 rings (SSSR count). The number of oxazole rings is 1. The predicted octanol–water partition coefficient (Wildman–Crippen LogP) is 3.49. The van der Waals surface area contributed by atoms with E-state index in [2.05, 4.69) is 51.3 Å². The minimum Gasteiger partial charge on any atom is -0.408 e. The summed E-state index contributed by atoms with van der Waals surface area (Å²) in [5.41, 5.74) is 3.66. The molecule has 0 aliphatic rings. The highest BCUT2D eigenvalue weighted by molar-refractivity contribution is 14.1. The minimum atomic E-state index is -0.415. The van der Waals surface area contributed by atoms with Crippen molar-refractivity contribution in [3.63, 3.8) is 0 Å². The van der Waals surface area contributed by atoms with E-state index in [1.807, 2.05) is 18.2 Å². The lowest BCUT2D eigenvalue weighted by molar-refractivity contribution is 0.554. The fourth-order valence-corrected chi connectivity index (χ4v) is 3.65. The van der Waals surface area contributed by atoms with Crippen LogP contribution in [0, 0.1) is 2.88 Å². The van der Waals surface area contributed by atoms with Crippen molar-refractivity contribution in [2.45, 2.75) is 13.0 Å². The van der Waals surface area contributed by atoms with Gasteiger partial charge in [0, 0.05) is 0 Å². The number of H-pyrrole nitrogens is 1. The SMILES string of the molecule is CCNC(c1csc(I)c1)c1ccc2[nH]c(=O)oc2c1. The second-order valence-corrected chi connectivity index (χ2v) is 7.25. The molecule has 0 saturated heterocycles. The molecule has 1 unspecified atom stereocenters. The van der Waals surface area contributed by atoms with Gasteiger partial charge in [0.1, 0.15) is 0 Å². The van der Waals surface area contributed by atoms with E-state index in [0.29, 0.717) is 5.58 Å². The smallest absolute Gasteiger partial charge is 0.408 e. The molecule has 0 aliphatic heterocycles. The molecule has 2 N–H and O–H groups in total. The average Bonchev–Trinajstić information content (AvgIpc) is 3.00. The van der Waals surface area contributed by atoms with E-state index in [-0.39, 0.29) is 6.04 Å². The van der Waals surface area contributed by atoms with Gasteiger partial charge in [0.15, 0.2) is 5.58 Å². The lowest BCUT2D eigenvalue weighted by atomic mass is 10.0. The fourth-order valence-electron chi connectivity index (χ4n) is 2.25. The zero-order valence-electron chi connectivity index (χ0n) is 10.8. The fraction of sp³-hybridized carbons (Fsp3) is 0.214. The Hall–Kier alpha value is -1.12. The van der Waals surface area contributed by atoms with Crippen LogP contribution in [0.1, 0.15) is 24.1 Å². The van der Waals surface area contributed by atoms with Crippen LogP contribution >= 0.6 is 33.9 Å². The Kier molecular flexibility index (Phi) is 3.95. The maximum absolute atomic E-state index is 11.2. The van der Waals surface area contributed by atoms with E-state index in [1.165, 1.54) is 8.45 Å². The molecular formula is C14H13IN2O2S. The van der Waals surface area contributed by atoms with Crippen LogP contribution in [0.4, 0.5) is 0 Å². The Labute approximate surface area is 133 Å². The van der Waals surface area contributed by atoms with Crippen molar-refractivity contribution in [3.8, 4) is 0 Å². The quantitative estimate of drug-likeness (QED) is 0.660. The first-order valence-electron chi connectivity index (χ1n) is 6.27. The Morgan fingerprint density at radius 3 is 2.95 bits per heavy atom. The second-order valence-electron chi connectivity index (χ2n) is 4.44. The Morgan fingerprint density at radius 1 is 1.40 bits per heavy atom. The molecule has 2 heterocycles. The first-order chi connectivity index (χ1) is 9.67. The van der Waals surface area contributed by atoms with Gasteiger partial charge in [0.2, 0.25) is 0 Å². The molecule has 0 saturated carbocycles. The summed E-state index contributed by atoms with van der Waals surface area (Å²) in [6, 6.07) is 8.12. The van der Waals surface area contributed by atoms with Crippen molar-refractivity contribution in [1.82, 2.24) is 10.3 Å². The van der Waals surface area contributed by atoms with Crippen molar-refractivity contribution in [1.29, 1.82) is 0 Å². The number of aromatic nitrogens is 1. The standard InChI is InChI=1S/C14H13IN2O2S/c1-2-16-13(9-6-12(15)20-7-9)8-3-4-10-11(5-8)19-14(18)17-10/h3-7,13,16H,2H2,1H3,(H,17,18). The van der Waals surface area contributed by atoms with Gasteiger partial charge in [-0.2, -0.15) is 0 Å². The predicted molar refractivity (Wildman–Crippen MR) is 89.4 cm³/mol. The van der Waals surface area contributed by atoms with Gasteiger partial charge < -0.3 is 9.73 Å². The zero-order chi connectivity index (χ0) is 14.1. The van der Waals surface area contributed by atoms with Crippen LogP contribution in [0.5, 0.6) is 0 Å². The molecule has 1 aromatic carbocycles. The summed E-state index contributed by atoms with van der Waals surface area (Å²) in [6.07, 6.45) is 0. The summed E-state index contributed by atoms with van der Waals surface area (Å²) in [4.78, 5) is 13.9. The Morgan fingerprint density at radius 2 is 2.25 bits per heavy atom. The van der Waals surface area contributed by atoms with E-state index >= 15 is 0 Å². The molecule has 104 valence electrons. The van der Waals surface area contributed by atoms with Crippen LogP contribution < -0.4 is 11.1 Å². The van der Waals surface area contributed by atoms with Crippen molar-refractivity contribution >= 4 is 45.0 Å². The summed E-state index contributed by atoms with van der Waals surface area (Å²) in [7, 11) is 0. The number of halogens is 1. The maximum atomic E-state index is 11.2. The number of rotatable bonds is 4. The highest BCUT2D eigenvalue weighted by Gasteiger charge is 2.16. The molecule has 3 aromatic rings. The van der Waals surface area contributed by atoms with E-state index in [0.717, 1.165) is 17.6 Å². The van der Waals surface area contributed by atoms with E-state index < -0.39 is 5.76 Å². The van der Waals surface area contributed by atoms with Crippen LogP contribution in [0.3, 0.4) is 0 Å². The maximum Gasteiger partial charge on any atom is 0.417 e. The monoisotopic (exact) mass is 400 g/mol. The third-order valence-corrected chi connectivity index (χ3v) is 4.91. The van der Waals surface area contributed by atoms with Gasteiger partial charge in [0.05, 0.1) is 14.4 Å². The summed E-state index contributed by atoms with van der Waals surface area (Å²) >= 11 is 4.05. The van der Waals surface area contributed by atoms with Gasteiger partial charge in [0.25, 0.3) is 0 Å². The highest BCUT2D eigenvalue weighted by atomic mass is 127. The molecule has 1 atom stereocenters. The number of aromatic amines is 1. The minimum absolute atomic E-state index is 0.115. The molecule has 4 nitrogen and oxygen atoms in total. The van der Waals surface area contributed by atoms with Crippen molar-refractivity contribution in [3.05, 3.63) is 54.2 Å². The normalized spacial score (nSPS) is 12.9. The zero-order valence-corrected chi connectivity index (χ0v) is 13.7. The average molecular weight is 400 g/mol. The third kappa shape index (κ3) is 2.68. The molecule has 0 radical (unpaired) electrons. The van der Waals surface area contributed by atoms with Gasteiger partial charge in [-0.15, -0.1) is 11.3 Å². The van der Waals surface area contributed by atoms with Crippen molar-refractivity contribution in [2.75, 3.05) is 6.54 Å². The molecule has 0 bridgehead atoms. The second kappa shape index (κ2) is 5.71. The Bertz CT molecular complexity index is 790. The number of thiophene rings is 1. The first kappa shape index (κ1) is 13.8. The third-order valence-electron chi connectivity index (χ3n) is 3.11. The summed E-state index contributed by atoms with van der Waals surface area (Å²) < 4.78 is 6.40. The lowest BCUT2D eigenvalue weighted by Crippen LogP contribution is -2.21.